The number of ether oxygens (including phenoxy) is 1. The molecule has 0 N–H and O–H groups in total. The Morgan fingerprint density at radius 3 is 1.42 bits per heavy atom. The van der Waals surface area contributed by atoms with Crippen molar-refractivity contribution >= 4 is 5.97 Å². The van der Waals surface area contributed by atoms with Crippen LogP contribution in [0.3, 0.4) is 0 Å². The minimum Gasteiger partial charge on any atom is -0.462 e. The normalized spacial score (nSPS) is 11.7. The number of rotatable bonds is 19. The molecule has 0 saturated carbocycles. The van der Waals surface area contributed by atoms with E-state index in [1.54, 1.807) is 0 Å². The second-order valence-corrected chi connectivity index (χ2v) is 7.73. The Labute approximate surface area is 164 Å². The van der Waals surface area contributed by atoms with Crippen LogP contribution in [0.25, 0.3) is 0 Å². The quantitative estimate of drug-likeness (QED) is 0.131. The maximum absolute atomic E-state index is 11.6. The summed E-state index contributed by atoms with van der Waals surface area (Å²) < 4.78 is 5.27. The first-order valence-corrected chi connectivity index (χ1v) is 11.6. The van der Waals surface area contributed by atoms with Gasteiger partial charge in [-0.25, -0.2) is 4.79 Å². The monoisotopic (exact) mass is 366 g/mol. The molecule has 0 rings (SSSR count). The summed E-state index contributed by atoms with van der Waals surface area (Å²) in [4.78, 5) is 11.6. The van der Waals surface area contributed by atoms with Gasteiger partial charge in [-0.05, 0) is 19.8 Å². The number of esters is 1. The fourth-order valence-corrected chi connectivity index (χ4v) is 3.32. The third kappa shape index (κ3) is 18.0. The highest BCUT2D eigenvalue weighted by molar-refractivity contribution is 5.87. The second-order valence-electron chi connectivity index (χ2n) is 7.73. The van der Waals surface area contributed by atoms with Gasteiger partial charge in [0.15, 0.2) is 0 Å². The summed E-state index contributed by atoms with van der Waals surface area (Å²) >= 11 is 0. The van der Waals surface area contributed by atoms with Gasteiger partial charge in [0, 0.05) is 5.57 Å². The van der Waals surface area contributed by atoms with Crippen molar-refractivity contribution < 1.29 is 9.53 Å². The lowest BCUT2D eigenvalue weighted by molar-refractivity contribution is -0.139. The molecule has 0 bridgehead atoms. The molecule has 0 fully saturated rings. The number of unbranched alkanes of at least 4 members (excludes halogenated alkanes) is 15. The van der Waals surface area contributed by atoms with Gasteiger partial charge in [0.2, 0.25) is 0 Å². The number of allylic oxidation sites excluding steroid dienone is 1. The highest BCUT2D eigenvalue weighted by atomic mass is 16.5. The number of carbonyl (C=O) groups excluding carboxylic acids is 1. The molecule has 0 amide bonds. The smallest absolute Gasteiger partial charge is 0.333 e. The van der Waals surface area contributed by atoms with Gasteiger partial charge in [-0.15, -0.1) is 0 Å². The van der Waals surface area contributed by atoms with E-state index >= 15 is 0 Å². The molecule has 0 aromatic rings. The van der Waals surface area contributed by atoms with E-state index < -0.39 is 0 Å². The van der Waals surface area contributed by atoms with E-state index in [-0.39, 0.29) is 5.97 Å². The fourth-order valence-electron chi connectivity index (χ4n) is 3.32. The summed E-state index contributed by atoms with van der Waals surface area (Å²) in [6, 6.07) is 0. The Kier molecular flexibility index (Phi) is 19.9. The van der Waals surface area contributed by atoms with Crippen LogP contribution >= 0.6 is 0 Å². The van der Waals surface area contributed by atoms with Crippen LogP contribution in [0.4, 0.5) is 0 Å². The summed E-state index contributed by atoms with van der Waals surface area (Å²) in [6.45, 7) is 6.72. The summed E-state index contributed by atoms with van der Waals surface area (Å²) in [5, 5.41) is 0. The minimum atomic E-state index is -0.146. The van der Waals surface area contributed by atoms with Crippen LogP contribution in [0, 0.1) is 0 Å². The molecule has 0 aliphatic rings. The van der Waals surface area contributed by atoms with Crippen LogP contribution in [-0.2, 0) is 9.53 Å². The van der Waals surface area contributed by atoms with Crippen molar-refractivity contribution in [1.29, 1.82) is 0 Å². The van der Waals surface area contributed by atoms with E-state index in [0.29, 0.717) is 6.61 Å². The molecule has 0 unspecified atom stereocenters. The minimum absolute atomic E-state index is 0.146. The number of hydrogen-bond donors (Lipinski definition) is 0. The second kappa shape index (κ2) is 20.5. The first-order chi connectivity index (χ1) is 12.7. The summed E-state index contributed by atoms with van der Waals surface area (Å²) in [7, 11) is 0. The van der Waals surface area contributed by atoms with Crippen molar-refractivity contribution in [2.45, 2.75) is 130 Å². The molecule has 0 aromatic carbocycles. The standard InChI is InChI=1S/C24H46O2/c1-4-6-7-8-9-10-11-12-13-14-15-16-17-18-19-20-22-26-24(25)23(3)21-5-2/h21H,4-20,22H2,1-3H3/b23-21+. The molecule has 0 spiro atoms. The first-order valence-electron chi connectivity index (χ1n) is 11.6. The Morgan fingerprint density at radius 1 is 0.654 bits per heavy atom. The molecule has 0 aromatic heterocycles. The molecular formula is C24H46O2. The van der Waals surface area contributed by atoms with Gasteiger partial charge < -0.3 is 4.74 Å². The van der Waals surface area contributed by atoms with Crippen molar-refractivity contribution in [3.63, 3.8) is 0 Å². The Bertz CT molecular complexity index is 333. The Balaban J connectivity index is 3.16. The summed E-state index contributed by atoms with van der Waals surface area (Å²) in [6.07, 6.45) is 24.6. The van der Waals surface area contributed by atoms with Crippen molar-refractivity contribution in [2.75, 3.05) is 6.61 Å². The fraction of sp³-hybridized carbons (Fsp3) is 0.875. The summed E-state index contributed by atoms with van der Waals surface area (Å²) in [5.41, 5.74) is 0.740. The lowest BCUT2D eigenvalue weighted by Gasteiger charge is -2.05. The lowest BCUT2D eigenvalue weighted by atomic mass is 10.0. The Morgan fingerprint density at radius 2 is 1.04 bits per heavy atom. The zero-order chi connectivity index (χ0) is 19.3. The van der Waals surface area contributed by atoms with Gasteiger partial charge in [0.1, 0.15) is 0 Å². The molecule has 0 saturated heterocycles. The topological polar surface area (TPSA) is 26.3 Å². The lowest BCUT2D eigenvalue weighted by Crippen LogP contribution is -2.07. The van der Waals surface area contributed by atoms with Gasteiger partial charge in [-0.2, -0.15) is 0 Å². The third-order valence-corrected chi connectivity index (χ3v) is 5.06. The Hall–Kier alpha value is -0.790. The van der Waals surface area contributed by atoms with Gasteiger partial charge >= 0.3 is 5.97 Å². The van der Waals surface area contributed by atoms with Crippen LogP contribution < -0.4 is 0 Å². The molecule has 26 heavy (non-hydrogen) atoms. The first kappa shape index (κ1) is 25.2. The van der Waals surface area contributed by atoms with E-state index in [0.717, 1.165) is 18.4 Å². The maximum Gasteiger partial charge on any atom is 0.333 e. The van der Waals surface area contributed by atoms with Crippen LogP contribution in [0.1, 0.15) is 130 Å². The van der Waals surface area contributed by atoms with Gasteiger partial charge in [0.05, 0.1) is 6.61 Å². The molecule has 2 heteroatoms. The molecular weight excluding hydrogens is 320 g/mol. The molecule has 0 aliphatic heterocycles. The molecule has 0 heterocycles. The van der Waals surface area contributed by atoms with E-state index in [9.17, 15) is 4.79 Å². The molecule has 2 nitrogen and oxygen atoms in total. The van der Waals surface area contributed by atoms with Crippen molar-refractivity contribution in [3.05, 3.63) is 11.6 Å². The highest BCUT2D eigenvalue weighted by Crippen LogP contribution is 2.13. The average Bonchev–Trinajstić information content (AvgIpc) is 2.64. The van der Waals surface area contributed by atoms with Crippen LogP contribution in [0.2, 0.25) is 0 Å². The predicted octanol–water partition coefficient (Wildman–Crippen LogP) is 8.15. The van der Waals surface area contributed by atoms with E-state index in [2.05, 4.69) is 6.92 Å². The summed E-state index contributed by atoms with van der Waals surface area (Å²) in [5.74, 6) is -0.146. The zero-order valence-electron chi connectivity index (χ0n) is 18.1. The van der Waals surface area contributed by atoms with Crippen LogP contribution in [0.5, 0.6) is 0 Å². The highest BCUT2D eigenvalue weighted by Gasteiger charge is 2.03. The van der Waals surface area contributed by atoms with E-state index in [4.69, 9.17) is 4.74 Å². The predicted molar refractivity (Wildman–Crippen MR) is 115 cm³/mol. The molecule has 0 aliphatic carbocycles. The average molecular weight is 367 g/mol. The van der Waals surface area contributed by atoms with E-state index in [1.165, 1.54) is 96.3 Å². The van der Waals surface area contributed by atoms with Crippen molar-refractivity contribution in [1.82, 2.24) is 0 Å². The van der Waals surface area contributed by atoms with Crippen LogP contribution in [-0.4, -0.2) is 12.6 Å². The molecule has 0 atom stereocenters. The zero-order valence-corrected chi connectivity index (χ0v) is 18.1. The van der Waals surface area contributed by atoms with Crippen molar-refractivity contribution in [2.24, 2.45) is 0 Å². The van der Waals surface area contributed by atoms with Crippen LogP contribution in [0.15, 0.2) is 11.6 Å². The van der Waals surface area contributed by atoms with Gasteiger partial charge in [-0.1, -0.05) is 116 Å². The van der Waals surface area contributed by atoms with Gasteiger partial charge in [0.25, 0.3) is 0 Å². The van der Waals surface area contributed by atoms with E-state index in [1.807, 2.05) is 19.9 Å². The SMILES string of the molecule is CC/C=C(\C)C(=O)OCCCCCCCCCCCCCCCCCC. The molecule has 154 valence electrons. The molecule has 0 radical (unpaired) electrons. The largest absolute Gasteiger partial charge is 0.462 e. The van der Waals surface area contributed by atoms with Gasteiger partial charge in [-0.3, -0.25) is 0 Å². The number of hydrogen-bond acceptors (Lipinski definition) is 2. The van der Waals surface area contributed by atoms with Crippen molar-refractivity contribution in [3.8, 4) is 0 Å². The maximum atomic E-state index is 11.6. The number of carbonyl (C=O) groups is 1. The third-order valence-electron chi connectivity index (χ3n) is 5.06.